The van der Waals surface area contributed by atoms with Gasteiger partial charge in [-0.15, -0.1) is 0 Å². The van der Waals surface area contributed by atoms with Crippen molar-refractivity contribution in [3.05, 3.63) is 52.1 Å². The van der Waals surface area contributed by atoms with Gasteiger partial charge in [0.15, 0.2) is 0 Å². The highest BCUT2D eigenvalue weighted by Crippen LogP contribution is 2.04. The third kappa shape index (κ3) is 2.82. The van der Waals surface area contributed by atoms with Crippen molar-refractivity contribution in [2.75, 3.05) is 0 Å². The van der Waals surface area contributed by atoms with Crippen molar-refractivity contribution in [1.82, 2.24) is 4.98 Å². The van der Waals surface area contributed by atoms with Crippen LogP contribution in [0.15, 0.2) is 41.0 Å². The summed E-state index contributed by atoms with van der Waals surface area (Å²) in [5, 5.41) is 0. The summed E-state index contributed by atoms with van der Waals surface area (Å²) in [6, 6.07) is 3.17. The van der Waals surface area contributed by atoms with Gasteiger partial charge in [-0.25, -0.2) is 0 Å². The number of pyridine rings is 1. The quantitative estimate of drug-likeness (QED) is 0.596. The first kappa shape index (κ1) is 10.1. The second kappa shape index (κ2) is 4.32. The fraction of sp³-hybridized carbons (Fsp3) is 0.100. The van der Waals surface area contributed by atoms with Crippen molar-refractivity contribution in [2.45, 2.75) is 6.92 Å². The second-order valence-electron chi connectivity index (χ2n) is 2.97. The zero-order valence-electron chi connectivity index (χ0n) is 7.95. The summed E-state index contributed by atoms with van der Waals surface area (Å²) >= 11 is 0. The number of aromatic amines is 1. The van der Waals surface area contributed by atoms with Gasteiger partial charge in [-0.1, -0.05) is 0 Å². The Morgan fingerprint density at radius 2 is 2.14 bits per heavy atom. The maximum Gasteiger partial charge on any atom is 0.248 e. The van der Waals surface area contributed by atoms with Crippen LogP contribution in [0.4, 0.5) is 0 Å². The average molecular weight is 191 g/mol. The van der Waals surface area contributed by atoms with Gasteiger partial charge in [-0.2, -0.15) is 0 Å². The van der Waals surface area contributed by atoms with E-state index in [2.05, 4.69) is 4.98 Å². The maximum atomic E-state index is 11.0. The van der Waals surface area contributed by atoms with Crippen molar-refractivity contribution >= 4 is 5.70 Å². The van der Waals surface area contributed by atoms with Crippen LogP contribution in [0, 0.1) is 0 Å². The highest BCUT2D eigenvalue weighted by Gasteiger charge is 1.94. The number of allylic oxidation sites excluding steroid dienone is 3. The van der Waals surface area contributed by atoms with Gasteiger partial charge in [0.2, 0.25) is 5.56 Å². The summed E-state index contributed by atoms with van der Waals surface area (Å²) in [5.41, 5.74) is 12.9. The summed E-state index contributed by atoms with van der Waals surface area (Å²) in [6.07, 6.45) is 4.91. The van der Waals surface area contributed by atoms with E-state index in [0.717, 1.165) is 0 Å². The molecule has 14 heavy (non-hydrogen) atoms. The molecule has 0 bridgehead atoms. The van der Waals surface area contributed by atoms with Crippen LogP contribution >= 0.6 is 0 Å². The highest BCUT2D eigenvalue weighted by atomic mass is 16.1. The lowest BCUT2D eigenvalue weighted by molar-refractivity contribution is 1.22. The Bertz CT molecular complexity index is 425. The highest BCUT2D eigenvalue weighted by molar-refractivity contribution is 5.63. The summed E-state index contributed by atoms with van der Waals surface area (Å²) in [7, 11) is 0. The van der Waals surface area contributed by atoms with E-state index in [-0.39, 0.29) is 5.56 Å². The predicted octanol–water partition coefficient (Wildman–Crippen LogP) is 0.537. The van der Waals surface area contributed by atoms with Crippen molar-refractivity contribution in [1.29, 1.82) is 0 Å². The molecular formula is C10H13N3O. The number of nitrogens with two attached hydrogens (primary N) is 2. The largest absolute Gasteiger partial charge is 0.402 e. The molecule has 0 atom stereocenters. The Morgan fingerprint density at radius 3 is 2.71 bits per heavy atom. The molecule has 0 spiro atoms. The smallest absolute Gasteiger partial charge is 0.248 e. The third-order valence-corrected chi connectivity index (χ3v) is 1.63. The fourth-order valence-corrected chi connectivity index (χ4v) is 0.942. The molecule has 0 amide bonds. The third-order valence-electron chi connectivity index (χ3n) is 1.63. The fourth-order valence-electron chi connectivity index (χ4n) is 0.942. The van der Waals surface area contributed by atoms with Crippen molar-refractivity contribution < 1.29 is 0 Å². The Hall–Kier alpha value is -1.97. The standard InChI is InChI=1S/C10H13N3O/c1-7(11)2-3-9(12)8-4-5-13-10(14)6-8/h2-6H,11-12H2,1H3,(H,13,14)/b7-2-,9-3-. The minimum Gasteiger partial charge on any atom is -0.402 e. The van der Waals surface area contributed by atoms with Crippen LogP contribution < -0.4 is 17.0 Å². The summed E-state index contributed by atoms with van der Waals surface area (Å²) < 4.78 is 0. The van der Waals surface area contributed by atoms with Crippen molar-refractivity contribution in [3.8, 4) is 0 Å². The van der Waals surface area contributed by atoms with Crippen LogP contribution in [0.2, 0.25) is 0 Å². The van der Waals surface area contributed by atoms with E-state index in [4.69, 9.17) is 11.5 Å². The SMILES string of the molecule is C/C(N)=C/C=C(\N)c1cc[nH]c(=O)c1. The van der Waals surface area contributed by atoms with Gasteiger partial charge in [0.05, 0.1) is 0 Å². The molecule has 1 heterocycles. The second-order valence-corrected chi connectivity index (χ2v) is 2.97. The number of nitrogens with one attached hydrogen (secondary N) is 1. The molecule has 0 aliphatic rings. The Labute approximate surface area is 81.9 Å². The molecule has 0 saturated carbocycles. The first-order chi connectivity index (χ1) is 6.59. The lowest BCUT2D eigenvalue weighted by Gasteiger charge is -1.98. The molecule has 0 aliphatic heterocycles. The molecule has 1 rings (SSSR count). The Morgan fingerprint density at radius 1 is 1.43 bits per heavy atom. The van der Waals surface area contributed by atoms with Crippen LogP contribution in [-0.4, -0.2) is 4.98 Å². The molecule has 0 unspecified atom stereocenters. The van der Waals surface area contributed by atoms with Gasteiger partial charge < -0.3 is 16.5 Å². The van der Waals surface area contributed by atoms with E-state index in [1.807, 2.05) is 0 Å². The van der Waals surface area contributed by atoms with Gasteiger partial charge in [-0.3, -0.25) is 4.79 Å². The lowest BCUT2D eigenvalue weighted by atomic mass is 10.2. The minimum atomic E-state index is -0.174. The van der Waals surface area contributed by atoms with Crippen molar-refractivity contribution in [3.63, 3.8) is 0 Å². The van der Waals surface area contributed by atoms with E-state index in [1.54, 1.807) is 31.3 Å². The molecule has 74 valence electrons. The topological polar surface area (TPSA) is 84.9 Å². The number of hydrogen-bond donors (Lipinski definition) is 3. The van der Waals surface area contributed by atoms with E-state index in [9.17, 15) is 4.79 Å². The Balaban J connectivity index is 3.00. The average Bonchev–Trinajstić information content (AvgIpc) is 2.14. The molecule has 4 heteroatoms. The number of H-pyrrole nitrogens is 1. The Kier molecular flexibility index (Phi) is 3.12. The van der Waals surface area contributed by atoms with Crippen LogP contribution in [0.1, 0.15) is 12.5 Å². The van der Waals surface area contributed by atoms with E-state index in [1.165, 1.54) is 6.07 Å². The summed E-state index contributed by atoms with van der Waals surface area (Å²) in [6.45, 7) is 1.77. The molecule has 0 radical (unpaired) electrons. The van der Waals surface area contributed by atoms with Crippen LogP contribution in [0.3, 0.4) is 0 Å². The van der Waals surface area contributed by atoms with Crippen molar-refractivity contribution in [2.24, 2.45) is 11.5 Å². The molecule has 1 aromatic rings. The van der Waals surface area contributed by atoms with Gasteiger partial charge in [0, 0.05) is 29.2 Å². The normalized spacial score (nSPS) is 12.9. The zero-order valence-corrected chi connectivity index (χ0v) is 7.95. The molecule has 5 N–H and O–H groups in total. The van der Waals surface area contributed by atoms with Gasteiger partial charge >= 0.3 is 0 Å². The van der Waals surface area contributed by atoms with Crippen LogP contribution in [0.25, 0.3) is 5.70 Å². The van der Waals surface area contributed by atoms with E-state index < -0.39 is 0 Å². The van der Waals surface area contributed by atoms with E-state index >= 15 is 0 Å². The monoisotopic (exact) mass is 191 g/mol. The van der Waals surface area contributed by atoms with Crippen LogP contribution in [-0.2, 0) is 0 Å². The first-order valence-electron chi connectivity index (χ1n) is 4.18. The molecular weight excluding hydrogens is 178 g/mol. The number of hydrogen-bond acceptors (Lipinski definition) is 3. The minimum absolute atomic E-state index is 0.174. The zero-order chi connectivity index (χ0) is 10.6. The number of aromatic nitrogens is 1. The predicted molar refractivity (Wildman–Crippen MR) is 57.2 cm³/mol. The van der Waals surface area contributed by atoms with Gasteiger partial charge in [-0.05, 0) is 25.1 Å². The molecule has 1 aromatic heterocycles. The molecule has 0 aromatic carbocycles. The summed E-state index contributed by atoms with van der Waals surface area (Å²) in [4.78, 5) is 13.5. The van der Waals surface area contributed by atoms with Gasteiger partial charge in [0.25, 0.3) is 0 Å². The molecule has 0 aliphatic carbocycles. The molecule has 0 saturated heterocycles. The lowest BCUT2D eigenvalue weighted by Crippen LogP contribution is -2.06. The van der Waals surface area contributed by atoms with Gasteiger partial charge in [0.1, 0.15) is 0 Å². The first-order valence-corrected chi connectivity index (χ1v) is 4.18. The summed E-state index contributed by atoms with van der Waals surface area (Å²) in [5.74, 6) is 0. The van der Waals surface area contributed by atoms with Crippen LogP contribution in [0.5, 0.6) is 0 Å². The van der Waals surface area contributed by atoms with E-state index in [0.29, 0.717) is 17.0 Å². The number of rotatable bonds is 2. The molecule has 4 nitrogen and oxygen atoms in total. The maximum absolute atomic E-state index is 11.0. The molecule has 0 fully saturated rings.